The van der Waals surface area contributed by atoms with Gasteiger partial charge in [-0.25, -0.2) is 9.07 Å². The van der Waals surface area contributed by atoms with Crippen molar-refractivity contribution in [2.75, 3.05) is 5.32 Å². The van der Waals surface area contributed by atoms with Crippen molar-refractivity contribution < 1.29 is 18.7 Å². The topological polar surface area (TPSA) is 65.4 Å². The number of carbonyl (C=O) groups excluding carboxylic acids is 1. The lowest BCUT2D eigenvalue weighted by molar-refractivity contribution is -0.0716. The van der Waals surface area contributed by atoms with Gasteiger partial charge in [-0.3, -0.25) is 4.79 Å². The van der Waals surface area contributed by atoms with E-state index in [1.54, 1.807) is 22.9 Å². The van der Waals surface area contributed by atoms with Crippen molar-refractivity contribution in [1.29, 1.82) is 0 Å². The lowest BCUT2D eigenvalue weighted by Gasteiger charge is -2.21. The lowest BCUT2D eigenvalue weighted by Crippen LogP contribution is -2.34. The van der Waals surface area contributed by atoms with E-state index >= 15 is 0 Å². The summed E-state index contributed by atoms with van der Waals surface area (Å²) in [5.41, 5.74) is 2.57. The number of aromatic nitrogens is 2. The molecule has 30 heavy (non-hydrogen) atoms. The summed E-state index contributed by atoms with van der Waals surface area (Å²) >= 11 is 0. The maximum atomic E-state index is 13.2. The molecule has 1 N–H and O–H groups in total. The van der Waals surface area contributed by atoms with Gasteiger partial charge in [-0.2, -0.15) is 5.10 Å². The average molecular weight is 407 g/mol. The van der Waals surface area contributed by atoms with Crippen LogP contribution in [-0.4, -0.2) is 21.5 Å². The maximum Gasteiger partial charge on any atom is 0.259 e. The van der Waals surface area contributed by atoms with E-state index in [2.05, 4.69) is 10.4 Å². The Morgan fingerprint density at radius 3 is 2.60 bits per heavy atom. The number of benzene rings is 2. The lowest BCUT2D eigenvalue weighted by atomic mass is 10.1. The first-order valence-electron chi connectivity index (χ1n) is 10.2. The molecule has 0 radical (unpaired) electrons. The van der Waals surface area contributed by atoms with Gasteiger partial charge < -0.3 is 14.8 Å². The van der Waals surface area contributed by atoms with E-state index in [4.69, 9.17) is 9.47 Å². The van der Waals surface area contributed by atoms with Gasteiger partial charge in [0.2, 0.25) is 0 Å². The number of hydrogen-bond donors (Lipinski definition) is 1. The van der Waals surface area contributed by atoms with Crippen molar-refractivity contribution in [3.8, 4) is 17.2 Å². The molecule has 1 aliphatic carbocycles. The van der Waals surface area contributed by atoms with Gasteiger partial charge in [0.05, 0.1) is 23.1 Å². The number of hydrogen-bond acceptors (Lipinski definition) is 4. The normalized spacial score (nSPS) is 16.2. The second-order valence-corrected chi connectivity index (χ2v) is 7.68. The molecule has 0 saturated heterocycles. The number of nitrogens with zero attached hydrogens (tertiary/aromatic N) is 2. The van der Waals surface area contributed by atoms with Crippen molar-refractivity contribution >= 4 is 11.6 Å². The Hall–Kier alpha value is -3.35. The van der Waals surface area contributed by atoms with E-state index in [1.165, 1.54) is 18.3 Å². The molecular weight excluding hydrogens is 385 g/mol. The zero-order valence-electron chi connectivity index (χ0n) is 16.7. The van der Waals surface area contributed by atoms with Crippen LogP contribution >= 0.6 is 0 Å². The van der Waals surface area contributed by atoms with Gasteiger partial charge >= 0.3 is 0 Å². The SMILES string of the molecule is CCc1c(C(=O)Nc2ccc3c(c2)OC2(CCCC2)O3)cnn1-c1ccc(F)cc1. The third kappa shape index (κ3) is 3.20. The number of fused-ring (bicyclic) bond motifs is 1. The minimum atomic E-state index is -0.531. The first kappa shape index (κ1) is 18.7. The van der Waals surface area contributed by atoms with Gasteiger partial charge in [0, 0.05) is 24.6 Å². The molecule has 0 unspecified atom stereocenters. The first-order valence-corrected chi connectivity index (χ1v) is 10.2. The highest BCUT2D eigenvalue weighted by molar-refractivity contribution is 6.05. The van der Waals surface area contributed by atoms with Gasteiger partial charge in [-0.1, -0.05) is 6.92 Å². The molecule has 7 heteroatoms. The highest BCUT2D eigenvalue weighted by Crippen LogP contribution is 2.47. The van der Waals surface area contributed by atoms with Gasteiger partial charge in [-0.05, 0) is 55.7 Å². The molecule has 2 aliphatic rings. The van der Waals surface area contributed by atoms with Gasteiger partial charge in [0.25, 0.3) is 11.7 Å². The number of halogens is 1. The fourth-order valence-corrected chi connectivity index (χ4v) is 4.20. The molecule has 3 aromatic rings. The molecule has 0 atom stereocenters. The Morgan fingerprint density at radius 2 is 1.87 bits per heavy atom. The average Bonchev–Trinajstić information content (AvgIpc) is 3.46. The largest absolute Gasteiger partial charge is 0.448 e. The van der Waals surface area contributed by atoms with Gasteiger partial charge in [0.1, 0.15) is 5.82 Å². The van der Waals surface area contributed by atoms with Crippen molar-refractivity contribution in [3.05, 3.63) is 65.7 Å². The summed E-state index contributed by atoms with van der Waals surface area (Å²) in [7, 11) is 0. The van der Waals surface area contributed by atoms with Crippen molar-refractivity contribution in [1.82, 2.24) is 9.78 Å². The minimum absolute atomic E-state index is 0.255. The highest BCUT2D eigenvalue weighted by Gasteiger charge is 2.44. The molecule has 6 nitrogen and oxygen atoms in total. The van der Waals surface area contributed by atoms with E-state index in [1.807, 2.05) is 19.1 Å². The molecule has 1 aromatic heterocycles. The Morgan fingerprint density at radius 1 is 1.13 bits per heavy atom. The van der Waals surface area contributed by atoms with Crippen molar-refractivity contribution in [2.24, 2.45) is 0 Å². The van der Waals surface area contributed by atoms with Crippen LogP contribution in [0.15, 0.2) is 48.7 Å². The number of anilines is 1. The van der Waals surface area contributed by atoms with Crippen LogP contribution in [0.1, 0.15) is 48.7 Å². The van der Waals surface area contributed by atoms with Crippen LogP contribution in [0.3, 0.4) is 0 Å². The van der Waals surface area contributed by atoms with Crippen molar-refractivity contribution in [3.63, 3.8) is 0 Å². The predicted molar refractivity (Wildman–Crippen MR) is 110 cm³/mol. The number of ether oxygens (including phenoxy) is 2. The standard InChI is InChI=1S/C23H22FN3O3/c1-2-19-18(14-25-27(19)17-8-5-15(24)6-9-17)22(28)26-16-7-10-20-21(13-16)30-23(29-20)11-3-4-12-23/h5-10,13-14H,2-4,11-12H2,1H3,(H,26,28). The van der Waals surface area contributed by atoms with Crippen LogP contribution in [-0.2, 0) is 6.42 Å². The summed E-state index contributed by atoms with van der Waals surface area (Å²) in [5, 5.41) is 7.27. The molecule has 1 saturated carbocycles. The molecule has 1 amide bonds. The molecular formula is C23H22FN3O3. The fourth-order valence-electron chi connectivity index (χ4n) is 4.20. The Balaban J connectivity index is 1.37. The maximum absolute atomic E-state index is 13.2. The molecule has 1 fully saturated rings. The van der Waals surface area contributed by atoms with Gasteiger partial charge in [0.15, 0.2) is 11.5 Å². The third-order valence-electron chi connectivity index (χ3n) is 5.68. The van der Waals surface area contributed by atoms with E-state index in [-0.39, 0.29) is 11.7 Å². The summed E-state index contributed by atoms with van der Waals surface area (Å²) in [5.74, 6) is 0.274. The molecule has 0 bridgehead atoms. The highest BCUT2D eigenvalue weighted by atomic mass is 19.1. The molecule has 1 aliphatic heterocycles. The van der Waals surface area contributed by atoms with Crippen LogP contribution in [0.4, 0.5) is 10.1 Å². The minimum Gasteiger partial charge on any atom is -0.448 e. The van der Waals surface area contributed by atoms with Crippen LogP contribution in [0.25, 0.3) is 5.69 Å². The molecule has 2 aromatic carbocycles. The second-order valence-electron chi connectivity index (χ2n) is 7.68. The molecule has 154 valence electrons. The number of rotatable bonds is 4. The number of carbonyl (C=O) groups is 1. The molecule has 5 rings (SSSR count). The summed E-state index contributed by atoms with van der Waals surface area (Å²) in [6.45, 7) is 1.95. The monoisotopic (exact) mass is 407 g/mol. The smallest absolute Gasteiger partial charge is 0.259 e. The van der Waals surface area contributed by atoms with Gasteiger partial charge in [-0.15, -0.1) is 0 Å². The third-order valence-corrected chi connectivity index (χ3v) is 5.68. The molecule has 2 heterocycles. The summed E-state index contributed by atoms with van der Waals surface area (Å²) in [4.78, 5) is 12.9. The van der Waals surface area contributed by atoms with Crippen LogP contribution < -0.4 is 14.8 Å². The fraction of sp³-hybridized carbons (Fsp3) is 0.304. The zero-order chi connectivity index (χ0) is 20.7. The Labute approximate surface area is 173 Å². The van der Waals surface area contributed by atoms with Crippen molar-refractivity contribution in [2.45, 2.75) is 44.8 Å². The zero-order valence-corrected chi connectivity index (χ0v) is 16.7. The van der Waals surface area contributed by atoms with Crippen LogP contribution in [0, 0.1) is 5.82 Å². The molecule has 1 spiro atoms. The number of nitrogens with one attached hydrogen (secondary N) is 1. The van der Waals surface area contributed by atoms with E-state index in [9.17, 15) is 9.18 Å². The summed E-state index contributed by atoms with van der Waals surface area (Å²) in [6.07, 6.45) is 6.09. The van der Waals surface area contributed by atoms with Crippen LogP contribution in [0.5, 0.6) is 11.5 Å². The van der Waals surface area contributed by atoms with Crippen LogP contribution in [0.2, 0.25) is 0 Å². The number of amides is 1. The Kier molecular flexibility index (Phi) is 4.46. The Bertz CT molecular complexity index is 1100. The van der Waals surface area contributed by atoms with E-state index in [0.29, 0.717) is 34.9 Å². The van der Waals surface area contributed by atoms with E-state index < -0.39 is 5.79 Å². The quantitative estimate of drug-likeness (QED) is 0.670. The second kappa shape index (κ2) is 7.16. The van der Waals surface area contributed by atoms with E-state index in [0.717, 1.165) is 31.4 Å². The first-order chi connectivity index (χ1) is 14.6. The summed E-state index contributed by atoms with van der Waals surface area (Å²) < 4.78 is 27.0. The predicted octanol–water partition coefficient (Wildman–Crippen LogP) is 4.87. The summed E-state index contributed by atoms with van der Waals surface area (Å²) in [6, 6.07) is 11.5.